The highest BCUT2D eigenvalue weighted by Crippen LogP contribution is 2.16. The van der Waals surface area contributed by atoms with Crippen molar-refractivity contribution in [3.05, 3.63) is 46.0 Å². The third-order valence-corrected chi connectivity index (χ3v) is 6.17. The van der Waals surface area contributed by atoms with E-state index in [9.17, 15) is 10.1 Å². The Bertz CT molecular complexity index is 572. The first-order valence-corrected chi connectivity index (χ1v) is 12.4. The molecule has 188 valence electrons. The van der Waals surface area contributed by atoms with Crippen molar-refractivity contribution in [2.24, 2.45) is 0 Å². The summed E-state index contributed by atoms with van der Waals surface area (Å²) in [6, 6.07) is 10.9. The minimum Gasteiger partial charge on any atom is -1.00 e. The fourth-order valence-electron chi connectivity index (χ4n) is 3.35. The number of unbranched alkanes of at least 4 members (excludes halogenated alkanes) is 9. The van der Waals surface area contributed by atoms with E-state index in [2.05, 4.69) is 67.3 Å². The summed E-state index contributed by atoms with van der Waals surface area (Å²) in [6.07, 6.45) is 14.2. The molecule has 0 atom stereocenters. The molecule has 1 aromatic carbocycles. The first-order valence-electron chi connectivity index (χ1n) is 11.6. The molecule has 0 unspecified atom stereocenters. The largest absolute Gasteiger partial charge is 1.00 e. The van der Waals surface area contributed by atoms with Crippen LogP contribution in [0, 0.1) is 10.1 Å². The van der Waals surface area contributed by atoms with E-state index in [0.29, 0.717) is 0 Å². The van der Waals surface area contributed by atoms with E-state index < -0.39 is 22.6 Å². The summed E-state index contributed by atoms with van der Waals surface area (Å²) in [5.41, 5.74) is 1.46. The van der Waals surface area contributed by atoms with Crippen LogP contribution < -0.4 is 12.4 Å². The molecule has 0 bridgehead atoms. The molecule has 1 aromatic rings. The number of nitro groups is 1. The van der Waals surface area contributed by atoms with Crippen molar-refractivity contribution < 1.29 is 32.0 Å². The molecular weight excluding hydrogens is 496 g/mol. The summed E-state index contributed by atoms with van der Waals surface area (Å²) < 4.78 is -0.659. The maximum absolute atomic E-state index is 9.92. The molecule has 0 amide bonds. The lowest BCUT2D eigenvalue weighted by atomic mass is 10.1. The van der Waals surface area contributed by atoms with Crippen LogP contribution in [0.25, 0.3) is 0 Å². The van der Waals surface area contributed by atoms with Gasteiger partial charge >= 0.3 is 4.45 Å². The lowest BCUT2D eigenvalue weighted by molar-refractivity contribution is -0.903. The first kappa shape index (κ1) is 33.4. The number of hydrogen-bond acceptors (Lipinski definition) is 4. The van der Waals surface area contributed by atoms with Crippen LogP contribution in [0.2, 0.25) is 0 Å². The first-order chi connectivity index (χ1) is 14.7. The van der Waals surface area contributed by atoms with E-state index in [-0.39, 0.29) is 12.4 Å². The molecule has 0 aliphatic heterocycles. The fourth-order valence-corrected chi connectivity index (χ4v) is 3.35. The molecule has 0 spiro atoms. The molecule has 32 heavy (non-hydrogen) atoms. The van der Waals surface area contributed by atoms with Gasteiger partial charge in [0.15, 0.2) is 0 Å². The molecule has 2 N–H and O–H groups in total. The van der Waals surface area contributed by atoms with E-state index in [0.717, 1.165) is 11.0 Å². The highest BCUT2D eigenvalue weighted by molar-refractivity contribution is 9.10. The molecule has 1 rings (SSSR count). The van der Waals surface area contributed by atoms with E-state index >= 15 is 0 Å². The minimum atomic E-state index is -1.77. The van der Waals surface area contributed by atoms with Gasteiger partial charge in [0.1, 0.15) is 19.8 Å². The highest BCUT2D eigenvalue weighted by Gasteiger charge is 2.38. The van der Waals surface area contributed by atoms with Gasteiger partial charge in [-0.25, -0.2) is 0 Å². The molecule has 0 radical (unpaired) electrons. The van der Waals surface area contributed by atoms with E-state index in [1.54, 1.807) is 0 Å². The number of hydrogen-bond donors (Lipinski definition) is 2. The molecular formula is C24H44BrClN2O4. The number of aliphatic hydroxyl groups is 2. The van der Waals surface area contributed by atoms with Crippen LogP contribution in [0.5, 0.6) is 0 Å². The molecule has 0 heterocycles. The topological polar surface area (TPSA) is 83.6 Å². The number of aliphatic hydroxyl groups excluding tert-OH is 2. The summed E-state index contributed by atoms with van der Waals surface area (Å²) in [4.78, 5) is 9.14. The van der Waals surface area contributed by atoms with Crippen molar-refractivity contribution in [2.45, 2.75) is 82.1 Å². The molecule has 0 saturated carbocycles. The monoisotopic (exact) mass is 538 g/mol. The predicted molar refractivity (Wildman–Crippen MR) is 132 cm³/mol. The van der Waals surface area contributed by atoms with E-state index in [4.69, 9.17) is 10.2 Å². The van der Waals surface area contributed by atoms with Crippen LogP contribution in [0.3, 0.4) is 0 Å². The van der Waals surface area contributed by atoms with Crippen LogP contribution in [0.1, 0.15) is 76.7 Å². The third-order valence-electron chi connectivity index (χ3n) is 5.38. The van der Waals surface area contributed by atoms with Crippen LogP contribution in [0.15, 0.2) is 30.3 Å². The molecule has 8 heteroatoms. The van der Waals surface area contributed by atoms with Crippen LogP contribution in [-0.2, 0) is 6.54 Å². The van der Waals surface area contributed by atoms with Gasteiger partial charge in [0.25, 0.3) is 0 Å². The zero-order valence-electron chi connectivity index (χ0n) is 20.1. The smallest absolute Gasteiger partial charge is 0.319 e. The second kappa shape index (κ2) is 19.7. The van der Waals surface area contributed by atoms with Gasteiger partial charge in [-0.3, -0.25) is 10.1 Å². The van der Waals surface area contributed by atoms with Gasteiger partial charge in [-0.2, -0.15) is 0 Å². The normalized spacial score (nSPS) is 11.3. The maximum Gasteiger partial charge on any atom is 0.319 e. The Morgan fingerprint density at radius 1 is 0.906 bits per heavy atom. The Kier molecular flexibility index (Phi) is 20.6. The Balaban J connectivity index is 0. The Labute approximate surface area is 209 Å². The van der Waals surface area contributed by atoms with E-state index in [1.807, 2.05) is 0 Å². The number of nitrogens with zero attached hydrogens (tertiary/aromatic N) is 2. The van der Waals surface area contributed by atoms with Gasteiger partial charge in [0.05, 0.1) is 20.6 Å². The summed E-state index contributed by atoms with van der Waals surface area (Å²) in [6.45, 7) is 3.29. The molecule has 6 nitrogen and oxygen atoms in total. The molecule has 0 saturated heterocycles. The van der Waals surface area contributed by atoms with Crippen molar-refractivity contribution in [2.75, 3.05) is 33.9 Å². The second-order valence-electron chi connectivity index (χ2n) is 8.98. The molecule has 0 fully saturated rings. The van der Waals surface area contributed by atoms with Crippen molar-refractivity contribution >= 4 is 15.9 Å². The van der Waals surface area contributed by atoms with E-state index in [1.165, 1.54) is 76.3 Å². The van der Waals surface area contributed by atoms with Crippen LogP contribution in [0.4, 0.5) is 0 Å². The van der Waals surface area contributed by atoms with Crippen molar-refractivity contribution in [3.63, 3.8) is 0 Å². The lowest BCUT2D eigenvalue weighted by Crippen LogP contribution is -3.00. The summed E-state index contributed by atoms with van der Waals surface area (Å²) in [5, 5.41) is 26.5. The van der Waals surface area contributed by atoms with Crippen molar-refractivity contribution in [1.82, 2.24) is 0 Å². The average molecular weight is 540 g/mol. The lowest BCUT2D eigenvalue weighted by Gasteiger charge is -2.30. The molecule has 0 aromatic heterocycles. The fraction of sp³-hybridized carbons (Fsp3) is 0.750. The third kappa shape index (κ3) is 16.8. The summed E-state index contributed by atoms with van der Waals surface area (Å²) in [5.74, 6) is 0. The van der Waals surface area contributed by atoms with Gasteiger partial charge in [-0.1, -0.05) is 88.6 Å². The number of rotatable bonds is 16. The van der Waals surface area contributed by atoms with Crippen LogP contribution in [-0.4, -0.2) is 57.9 Å². The Hall–Kier alpha value is -0.730. The van der Waals surface area contributed by atoms with Gasteiger partial charge in [-0.05, 0) is 12.8 Å². The molecule has 0 aliphatic rings. The maximum atomic E-state index is 9.92. The van der Waals surface area contributed by atoms with Crippen molar-refractivity contribution in [1.29, 1.82) is 0 Å². The zero-order chi connectivity index (χ0) is 23.6. The predicted octanol–water partition coefficient (Wildman–Crippen LogP) is 2.53. The zero-order valence-corrected chi connectivity index (χ0v) is 22.5. The van der Waals surface area contributed by atoms with Gasteiger partial charge in [0.2, 0.25) is 0 Å². The number of alkyl halides is 1. The van der Waals surface area contributed by atoms with Crippen LogP contribution >= 0.6 is 15.9 Å². The number of quaternary nitrogens is 1. The number of halogens is 2. The Morgan fingerprint density at radius 2 is 1.34 bits per heavy atom. The SMILES string of the molecule is CCCCCCCCCCCC[N+](C)(C)Cc1ccccc1.O=[N+]([O-])C(Br)(CO)CO.[Cl-]. The van der Waals surface area contributed by atoms with Gasteiger partial charge < -0.3 is 27.1 Å². The standard InChI is InChI=1S/C21H38N.C3H6BrNO4.ClH/c1-4-5-6-7-8-9-10-11-12-16-19-22(2,3)20-21-17-14-13-15-18-21;4-3(1-6,2-7)5(8)9;/h13-15,17-18H,4-12,16,19-20H2,1-3H3;6-7H,1-2H2;1H/q+1;;/p-1. The second-order valence-corrected chi connectivity index (χ2v) is 10.5. The Morgan fingerprint density at radius 3 is 1.72 bits per heavy atom. The quantitative estimate of drug-likeness (QED) is 0.0844. The van der Waals surface area contributed by atoms with Crippen molar-refractivity contribution in [3.8, 4) is 0 Å². The minimum absolute atomic E-state index is 0. The van der Waals surface area contributed by atoms with Gasteiger partial charge in [0, 0.05) is 26.4 Å². The van der Waals surface area contributed by atoms with Gasteiger partial charge in [-0.15, -0.1) is 0 Å². The average Bonchev–Trinajstić information content (AvgIpc) is 2.75. The summed E-state index contributed by atoms with van der Waals surface area (Å²) in [7, 11) is 4.72. The highest BCUT2D eigenvalue weighted by atomic mass is 79.9. The number of benzene rings is 1. The summed E-state index contributed by atoms with van der Waals surface area (Å²) >= 11 is 2.55. The molecule has 0 aliphatic carbocycles.